The zero-order chi connectivity index (χ0) is 16.2. The summed E-state index contributed by atoms with van der Waals surface area (Å²) in [4.78, 5) is 0. The van der Waals surface area contributed by atoms with Gasteiger partial charge in [0.25, 0.3) is 0 Å². The van der Waals surface area contributed by atoms with Crippen LogP contribution in [0.5, 0.6) is 5.75 Å². The van der Waals surface area contributed by atoms with Gasteiger partial charge in [0.1, 0.15) is 11.6 Å². The monoisotopic (exact) mass is 328 g/mol. The van der Waals surface area contributed by atoms with Crippen LogP contribution in [-0.2, 0) is 0 Å². The molecule has 0 saturated heterocycles. The second kappa shape index (κ2) is 6.53. The summed E-state index contributed by atoms with van der Waals surface area (Å²) in [6.07, 6.45) is 1.64. The summed E-state index contributed by atoms with van der Waals surface area (Å²) in [6.45, 7) is 0. The molecule has 0 fully saturated rings. The van der Waals surface area contributed by atoms with E-state index in [1.165, 1.54) is 16.8 Å². The van der Waals surface area contributed by atoms with Gasteiger partial charge in [-0.05, 0) is 42.0 Å². The highest BCUT2D eigenvalue weighted by molar-refractivity contribution is 7.71. The number of benzene rings is 2. The van der Waals surface area contributed by atoms with Crippen molar-refractivity contribution in [2.75, 3.05) is 7.11 Å². The van der Waals surface area contributed by atoms with E-state index in [0.717, 1.165) is 11.3 Å². The number of ether oxygens (including phenoxy) is 1. The van der Waals surface area contributed by atoms with E-state index in [2.05, 4.69) is 15.3 Å². The van der Waals surface area contributed by atoms with Gasteiger partial charge in [0, 0.05) is 5.56 Å². The Balaban J connectivity index is 1.99. The number of nitrogens with zero attached hydrogens (tertiary/aromatic N) is 3. The fourth-order valence-electron chi connectivity index (χ4n) is 2.06. The normalized spacial score (nSPS) is 11.0. The van der Waals surface area contributed by atoms with Crippen LogP contribution in [0.3, 0.4) is 0 Å². The quantitative estimate of drug-likeness (QED) is 0.588. The third-order valence-electron chi connectivity index (χ3n) is 3.15. The Kier molecular flexibility index (Phi) is 4.29. The van der Waals surface area contributed by atoms with Crippen LogP contribution < -0.4 is 4.74 Å². The van der Waals surface area contributed by atoms with Crippen molar-refractivity contribution >= 4 is 18.4 Å². The molecule has 1 heterocycles. The SMILES string of the molecule is COc1cccc(/C=N\n2c(-c3cccc(F)c3)n[nH]c2=S)c1. The lowest BCUT2D eigenvalue weighted by atomic mass is 10.2. The van der Waals surface area contributed by atoms with E-state index in [9.17, 15) is 4.39 Å². The van der Waals surface area contributed by atoms with Crippen LogP contribution in [0.1, 0.15) is 5.56 Å². The minimum absolute atomic E-state index is 0.323. The van der Waals surface area contributed by atoms with Gasteiger partial charge in [-0.25, -0.2) is 9.49 Å². The number of halogens is 1. The molecular weight excluding hydrogens is 315 g/mol. The Morgan fingerprint density at radius 3 is 2.87 bits per heavy atom. The highest BCUT2D eigenvalue weighted by Crippen LogP contribution is 2.18. The molecule has 0 atom stereocenters. The molecule has 0 aliphatic rings. The molecule has 0 unspecified atom stereocenters. The molecule has 0 saturated carbocycles. The number of hydrogen-bond donors (Lipinski definition) is 1. The molecule has 3 rings (SSSR count). The lowest BCUT2D eigenvalue weighted by Crippen LogP contribution is -1.95. The van der Waals surface area contributed by atoms with E-state index < -0.39 is 0 Å². The van der Waals surface area contributed by atoms with Crippen molar-refractivity contribution in [3.8, 4) is 17.1 Å². The second-order valence-corrected chi connectivity index (χ2v) is 5.08. The molecule has 0 aliphatic carbocycles. The van der Waals surface area contributed by atoms with Gasteiger partial charge in [-0.1, -0.05) is 24.3 Å². The first kappa shape index (κ1) is 15.1. The van der Waals surface area contributed by atoms with Crippen LogP contribution in [0.25, 0.3) is 11.4 Å². The summed E-state index contributed by atoms with van der Waals surface area (Å²) in [5, 5.41) is 11.1. The van der Waals surface area contributed by atoms with Crippen molar-refractivity contribution in [3.63, 3.8) is 0 Å². The molecule has 2 aromatic carbocycles. The van der Waals surface area contributed by atoms with Gasteiger partial charge >= 0.3 is 0 Å². The number of methoxy groups -OCH3 is 1. The van der Waals surface area contributed by atoms with Gasteiger partial charge < -0.3 is 4.74 Å². The smallest absolute Gasteiger partial charge is 0.216 e. The molecule has 116 valence electrons. The van der Waals surface area contributed by atoms with E-state index in [-0.39, 0.29) is 5.82 Å². The van der Waals surface area contributed by atoms with Gasteiger partial charge in [0.2, 0.25) is 4.77 Å². The number of aromatic nitrogens is 3. The van der Waals surface area contributed by atoms with Crippen LogP contribution in [0.4, 0.5) is 4.39 Å². The summed E-state index contributed by atoms with van der Waals surface area (Å²) in [5.41, 5.74) is 1.43. The number of aromatic amines is 1. The number of rotatable bonds is 4. The maximum Gasteiger partial charge on any atom is 0.216 e. The van der Waals surface area contributed by atoms with E-state index in [1.807, 2.05) is 24.3 Å². The lowest BCUT2D eigenvalue weighted by molar-refractivity contribution is 0.415. The summed E-state index contributed by atoms with van der Waals surface area (Å²) >= 11 is 5.18. The van der Waals surface area contributed by atoms with Gasteiger partial charge in [-0.15, -0.1) is 0 Å². The molecule has 1 N–H and O–H groups in total. The van der Waals surface area contributed by atoms with Crippen molar-refractivity contribution in [1.29, 1.82) is 0 Å². The van der Waals surface area contributed by atoms with Crippen molar-refractivity contribution in [2.45, 2.75) is 0 Å². The maximum atomic E-state index is 13.4. The average molecular weight is 328 g/mol. The minimum atomic E-state index is -0.347. The Morgan fingerprint density at radius 1 is 1.26 bits per heavy atom. The third-order valence-corrected chi connectivity index (χ3v) is 3.41. The molecular formula is C16H13FN4OS. The molecule has 7 heteroatoms. The molecule has 23 heavy (non-hydrogen) atoms. The molecule has 0 bridgehead atoms. The zero-order valence-electron chi connectivity index (χ0n) is 12.2. The molecule has 0 spiro atoms. The summed E-state index contributed by atoms with van der Waals surface area (Å²) in [5.74, 6) is 0.823. The van der Waals surface area contributed by atoms with Crippen LogP contribution in [0, 0.1) is 10.6 Å². The minimum Gasteiger partial charge on any atom is -0.497 e. The fraction of sp³-hybridized carbons (Fsp3) is 0.0625. The largest absolute Gasteiger partial charge is 0.497 e. The topological polar surface area (TPSA) is 55.2 Å². The van der Waals surface area contributed by atoms with E-state index in [1.54, 1.807) is 25.5 Å². The maximum absolute atomic E-state index is 13.4. The number of hydrogen-bond acceptors (Lipinski definition) is 4. The molecule has 3 aromatic rings. The highest BCUT2D eigenvalue weighted by atomic mass is 32.1. The van der Waals surface area contributed by atoms with E-state index in [4.69, 9.17) is 17.0 Å². The van der Waals surface area contributed by atoms with E-state index in [0.29, 0.717) is 16.2 Å². The average Bonchev–Trinajstić information content (AvgIpc) is 2.94. The van der Waals surface area contributed by atoms with Crippen LogP contribution >= 0.6 is 12.2 Å². The molecule has 0 radical (unpaired) electrons. The Morgan fingerprint density at radius 2 is 2.09 bits per heavy atom. The summed E-state index contributed by atoms with van der Waals surface area (Å²) in [7, 11) is 1.60. The standard InChI is InChI=1S/C16H13FN4OS/c1-22-14-7-2-4-11(8-14)10-18-21-15(19-20-16(21)23)12-5-3-6-13(17)9-12/h2-10H,1H3,(H,20,23)/b18-10-. The Hall–Kier alpha value is -2.80. The predicted octanol–water partition coefficient (Wildman–Crippen LogP) is 3.64. The zero-order valence-corrected chi connectivity index (χ0v) is 13.0. The van der Waals surface area contributed by atoms with Gasteiger partial charge in [0.15, 0.2) is 5.82 Å². The molecule has 0 aliphatic heterocycles. The first-order valence-electron chi connectivity index (χ1n) is 6.79. The second-order valence-electron chi connectivity index (χ2n) is 4.70. The highest BCUT2D eigenvalue weighted by Gasteiger charge is 2.08. The van der Waals surface area contributed by atoms with Gasteiger partial charge in [0.05, 0.1) is 13.3 Å². The molecule has 1 aromatic heterocycles. The number of H-pyrrole nitrogens is 1. The summed E-state index contributed by atoms with van der Waals surface area (Å²) in [6, 6.07) is 13.5. The predicted molar refractivity (Wildman–Crippen MR) is 88.8 cm³/mol. The molecule has 5 nitrogen and oxygen atoms in total. The first-order valence-corrected chi connectivity index (χ1v) is 7.20. The summed E-state index contributed by atoms with van der Waals surface area (Å²) < 4.78 is 20.3. The lowest BCUT2D eigenvalue weighted by Gasteiger charge is -2.02. The fourth-order valence-corrected chi connectivity index (χ4v) is 2.24. The van der Waals surface area contributed by atoms with Crippen molar-refractivity contribution < 1.29 is 9.13 Å². The van der Waals surface area contributed by atoms with Crippen LogP contribution in [-0.4, -0.2) is 28.2 Å². The van der Waals surface area contributed by atoms with Crippen molar-refractivity contribution in [3.05, 3.63) is 64.7 Å². The van der Waals surface area contributed by atoms with Gasteiger partial charge in [-0.3, -0.25) is 0 Å². The van der Waals surface area contributed by atoms with Gasteiger partial charge in [-0.2, -0.15) is 14.9 Å². The first-order chi connectivity index (χ1) is 11.2. The van der Waals surface area contributed by atoms with Crippen molar-refractivity contribution in [1.82, 2.24) is 14.9 Å². The van der Waals surface area contributed by atoms with Crippen molar-refractivity contribution in [2.24, 2.45) is 5.10 Å². The third kappa shape index (κ3) is 3.35. The Labute approximate surface area is 137 Å². The van der Waals surface area contributed by atoms with Crippen LogP contribution in [0.15, 0.2) is 53.6 Å². The Bertz CT molecular complexity index is 916. The van der Waals surface area contributed by atoms with E-state index >= 15 is 0 Å². The number of nitrogens with one attached hydrogen (secondary N) is 1. The molecule has 0 amide bonds. The van der Waals surface area contributed by atoms with Crippen LogP contribution in [0.2, 0.25) is 0 Å².